The Morgan fingerprint density at radius 1 is 1.17 bits per heavy atom. The van der Waals surface area contributed by atoms with Gasteiger partial charge in [-0.1, -0.05) is 51.7 Å². The SMILES string of the molecule is COC(O)N1CCC(C(=O)NCC2(C)CCC2)(c2cccc([N+]3(C)C(=O)[C@@H](NC(=O)c4ccnn4C)C(C4CCC4)C4(C)CC43)c2)C1. The van der Waals surface area contributed by atoms with Crippen LogP contribution in [0.25, 0.3) is 0 Å². The first kappa shape index (κ1) is 32.4. The molecule has 0 radical (unpaired) electrons. The number of nitrogens with zero attached hydrogens (tertiary/aromatic N) is 4. The number of quaternary nitrogens is 1. The van der Waals surface area contributed by atoms with Gasteiger partial charge in [0.1, 0.15) is 23.5 Å². The highest BCUT2D eigenvalue weighted by molar-refractivity contribution is 6.01. The van der Waals surface area contributed by atoms with Gasteiger partial charge < -0.3 is 20.5 Å². The molecule has 5 fully saturated rings. The highest BCUT2D eigenvalue weighted by Crippen LogP contribution is 2.66. The molecule has 6 unspecified atom stereocenters. The number of rotatable bonds is 10. The largest absolute Gasteiger partial charge is 0.356 e. The van der Waals surface area contributed by atoms with E-state index in [0.717, 1.165) is 49.8 Å². The van der Waals surface area contributed by atoms with Gasteiger partial charge >= 0.3 is 5.91 Å². The molecular weight excluding hydrogens is 596 g/mol. The molecule has 2 aliphatic heterocycles. The first-order chi connectivity index (χ1) is 22.4. The zero-order valence-corrected chi connectivity index (χ0v) is 28.5. The third-order valence-electron chi connectivity index (χ3n) is 13.1. The number of hydrogen-bond acceptors (Lipinski definition) is 7. The Hall–Kier alpha value is -3.12. The van der Waals surface area contributed by atoms with Gasteiger partial charge in [-0.15, -0.1) is 0 Å². The summed E-state index contributed by atoms with van der Waals surface area (Å²) in [5, 5.41) is 21.3. The maximum atomic E-state index is 14.9. The molecule has 0 spiro atoms. The van der Waals surface area contributed by atoms with Gasteiger partial charge in [0.15, 0.2) is 0 Å². The van der Waals surface area contributed by atoms with Crippen molar-refractivity contribution in [2.45, 2.75) is 89.1 Å². The Labute approximate surface area is 277 Å². The van der Waals surface area contributed by atoms with Gasteiger partial charge in [0, 0.05) is 63.8 Å². The normalized spacial score (nSPS) is 35.4. The van der Waals surface area contributed by atoms with Crippen LogP contribution in [-0.2, 0) is 26.8 Å². The van der Waals surface area contributed by atoms with E-state index in [1.807, 2.05) is 31.3 Å². The number of hydrogen-bond donors (Lipinski definition) is 3. The second-order valence-electron chi connectivity index (χ2n) is 15.9. The van der Waals surface area contributed by atoms with Crippen LogP contribution in [0.15, 0.2) is 36.5 Å². The van der Waals surface area contributed by atoms with E-state index >= 15 is 0 Å². The van der Waals surface area contributed by atoms with Gasteiger partial charge in [0.05, 0.1) is 12.5 Å². The van der Waals surface area contributed by atoms with Crippen LogP contribution in [0.5, 0.6) is 0 Å². The number of aryl methyl sites for hydroxylation is 1. The number of piperidine rings is 1. The van der Waals surface area contributed by atoms with Gasteiger partial charge in [-0.3, -0.25) is 19.2 Å². The fraction of sp³-hybridized carbons (Fsp3) is 0.667. The molecule has 3 heterocycles. The molecule has 11 nitrogen and oxygen atoms in total. The quantitative estimate of drug-likeness (QED) is 0.268. The van der Waals surface area contributed by atoms with Crippen LogP contribution in [0.1, 0.15) is 81.3 Å². The minimum Gasteiger partial charge on any atom is -0.356 e. The maximum absolute atomic E-state index is 14.9. The molecule has 2 saturated heterocycles. The van der Waals surface area contributed by atoms with Crippen LogP contribution in [-0.4, -0.2) is 89.8 Å². The van der Waals surface area contributed by atoms with E-state index in [0.29, 0.717) is 37.7 Å². The van der Waals surface area contributed by atoms with E-state index in [9.17, 15) is 19.5 Å². The number of carbonyl (C=O) groups is 3. The third-order valence-corrected chi connectivity index (χ3v) is 13.1. The Bertz CT molecular complexity index is 1570. The third kappa shape index (κ3) is 5.07. The molecular formula is C36H51N6O5+. The standard InChI is InChI=1S/C36H50N6O5/c1-34(14-8-15-34)21-37-32(45)36(16-18-41(22-36)33(46)47-5)24-11-7-12-25(19-24)42(4)27-20-35(27,2)28(23-9-6-10-23)29(31(42)44)39-30(43)26-13-17-38-40(26)3/h7,11-13,17,19,23,27-29,33,46H,6,8-10,14-16,18,20-22H2,1-5H3,(H-,37,39,43,45)/p+1/t27?,28?,29-,33?,35?,36?,42?/m0/s1. The van der Waals surface area contributed by atoms with E-state index < -0.39 is 17.9 Å². The van der Waals surface area contributed by atoms with Crippen molar-refractivity contribution in [3.05, 3.63) is 47.8 Å². The lowest BCUT2D eigenvalue weighted by Crippen LogP contribution is -2.69. The topological polar surface area (TPSA) is 126 Å². The molecule has 0 bridgehead atoms. The highest BCUT2D eigenvalue weighted by Gasteiger charge is 2.76. The molecule has 11 heteroatoms. The van der Waals surface area contributed by atoms with E-state index in [1.54, 1.807) is 28.9 Å². The van der Waals surface area contributed by atoms with Crippen LogP contribution in [0.2, 0.25) is 0 Å². The van der Waals surface area contributed by atoms with Gasteiger partial charge in [0.25, 0.3) is 5.91 Å². The second kappa shape index (κ2) is 11.5. The van der Waals surface area contributed by atoms with Crippen molar-refractivity contribution < 1.29 is 24.2 Å². The van der Waals surface area contributed by atoms with Gasteiger partial charge in [0.2, 0.25) is 12.3 Å². The number of ether oxygens (including phenoxy) is 1. The summed E-state index contributed by atoms with van der Waals surface area (Å²) in [5.74, 6) is 0.142. The molecule has 47 heavy (non-hydrogen) atoms. The molecule has 3 amide bonds. The van der Waals surface area contributed by atoms with Crippen molar-refractivity contribution >= 4 is 23.4 Å². The first-order valence-electron chi connectivity index (χ1n) is 17.4. The van der Waals surface area contributed by atoms with Crippen LogP contribution >= 0.6 is 0 Å². The summed E-state index contributed by atoms with van der Waals surface area (Å²) in [6.45, 7) is 5.95. The van der Waals surface area contributed by atoms with E-state index in [4.69, 9.17) is 4.74 Å². The van der Waals surface area contributed by atoms with Crippen molar-refractivity contribution in [3.63, 3.8) is 0 Å². The van der Waals surface area contributed by atoms with Crippen LogP contribution in [0.3, 0.4) is 0 Å². The number of carbonyl (C=O) groups excluding carboxylic acids is 3. The van der Waals surface area contributed by atoms with E-state index in [2.05, 4.69) is 29.6 Å². The molecule has 7 rings (SSSR count). The fourth-order valence-corrected chi connectivity index (χ4v) is 9.59. The molecule has 2 aromatic rings. The van der Waals surface area contributed by atoms with Gasteiger partial charge in [-0.25, -0.2) is 9.28 Å². The lowest BCUT2D eigenvalue weighted by molar-refractivity contribution is -0.171. The number of fused-ring (bicyclic) bond motifs is 1. The number of likely N-dealkylation sites (tertiary alicyclic amines) is 2. The van der Waals surface area contributed by atoms with Crippen molar-refractivity contribution in [1.82, 2.24) is 29.8 Å². The van der Waals surface area contributed by atoms with Crippen molar-refractivity contribution in [1.29, 1.82) is 0 Å². The molecule has 3 N–H and O–H groups in total. The molecule has 1 aromatic carbocycles. The number of nitrogens with one attached hydrogen (secondary N) is 2. The monoisotopic (exact) mass is 647 g/mol. The number of aliphatic hydroxyl groups excluding tert-OH is 1. The summed E-state index contributed by atoms with van der Waals surface area (Å²) >= 11 is 0. The van der Waals surface area contributed by atoms with Crippen molar-refractivity contribution in [2.24, 2.45) is 29.7 Å². The molecule has 1 aromatic heterocycles. The summed E-state index contributed by atoms with van der Waals surface area (Å²) in [6.07, 6.45) is 8.61. The predicted molar refractivity (Wildman–Crippen MR) is 177 cm³/mol. The summed E-state index contributed by atoms with van der Waals surface area (Å²) in [6, 6.07) is 9.12. The minimum atomic E-state index is -1.11. The Morgan fingerprint density at radius 3 is 2.55 bits per heavy atom. The summed E-state index contributed by atoms with van der Waals surface area (Å²) in [7, 11) is 5.19. The van der Waals surface area contributed by atoms with Crippen LogP contribution in [0, 0.1) is 22.7 Å². The maximum Gasteiger partial charge on any atom is 0.341 e. The summed E-state index contributed by atoms with van der Waals surface area (Å²) < 4.78 is 6.86. The predicted octanol–water partition coefficient (Wildman–Crippen LogP) is 3.06. The molecule has 254 valence electrons. The average Bonchev–Trinajstić information content (AvgIpc) is 3.33. The lowest BCUT2D eigenvalue weighted by atomic mass is 9.64. The smallest absolute Gasteiger partial charge is 0.341 e. The second-order valence-corrected chi connectivity index (χ2v) is 15.9. The Balaban J connectivity index is 1.24. The number of benzene rings is 1. The average molecular weight is 648 g/mol. The number of methoxy groups -OCH3 is 1. The van der Waals surface area contributed by atoms with Crippen molar-refractivity contribution in [3.8, 4) is 0 Å². The van der Waals surface area contributed by atoms with Gasteiger partial charge in [-0.2, -0.15) is 5.10 Å². The fourth-order valence-electron chi connectivity index (χ4n) is 9.59. The first-order valence-corrected chi connectivity index (χ1v) is 17.4. The Morgan fingerprint density at radius 2 is 1.94 bits per heavy atom. The van der Waals surface area contributed by atoms with Crippen LogP contribution in [0.4, 0.5) is 5.69 Å². The highest BCUT2D eigenvalue weighted by atomic mass is 16.6. The number of likely N-dealkylation sites (N-methyl/N-ethyl adjacent to an activating group) is 1. The van der Waals surface area contributed by atoms with Crippen LogP contribution < -0.4 is 15.1 Å². The Kier molecular flexibility index (Phi) is 7.93. The lowest BCUT2D eigenvalue weighted by Gasteiger charge is -2.49. The molecule has 3 aliphatic carbocycles. The van der Waals surface area contributed by atoms with E-state index in [1.165, 1.54) is 13.5 Å². The zero-order chi connectivity index (χ0) is 33.4. The summed E-state index contributed by atoms with van der Waals surface area (Å²) in [5.41, 5.74) is 1.19. The molecule has 5 aliphatic rings. The number of amides is 3. The van der Waals surface area contributed by atoms with Gasteiger partial charge in [-0.05, 0) is 48.3 Å². The molecule has 3 saturated carbocycles. The number of aliphatic hydroxyl groups is 1. The number of aromatic nitrogens is 2. The molecule has 7 atom stereocenters. The minimum absolute atomic E-state index is 0.00573. The van der Waals surface area contributed by atoms with Crippen molar-refractivity contribution in [2.75, 3.05) is 33.8 Å². The zero-order valence-electron chi connectivity index (χ0n) is 28.5. The summed E-state index contributed by atoms with van der Waals surface area (Å²) in [4.78, 5) is 44.6. The van der Waals surface area contributed by atoms with E-state index in [-0.39, 0.29) is 45.0 Å².